The van der Waals surface area contributed by atoms with Crippen molar-refractivity contribution < 1.29 is 4.74 Å². The van der Waals surface area contributed by atoms with Crippen LogP contribution in [0.25, 0.3) is 28.0 Å². The molecule has 2 nitrogen and oxygen atoms in total. The molecule has 1 aliphatic heterocycles. The zero-order valence-electron chi connectivity index (χ0n) is 27.7. The van der Waals surface area contributed by atoms with Crippen molar-refractivity contribution in [2.24, 2.45) is 0 Å². The van der Waals surface area contributed by atoms with Gasteiger partial charge in [-0.25, -0.2) is 0 Å². The first-order valence-electron chi connectivity index (χ1n) is 16.0. The summed E-state index contributed by atoms with van der Waals surface area (Å²) >= 11 is 0. The molecule has 7 rings (SSSR count). The summed E-state index contributed by atoms with van der Waals surface area (Å²) in [5.74, 6) is 0.910. The van der Waals surface area contributed by atoms with E-state index in [0.29, 0.717) is 5.56 Å². The highest BCUT2D eigenvalue weighted by molar-refractivity contribution is 6.08. The molecule has 1 aliphatic carbocycles. The van der Waals surface area contributed by atoms with Crippen molar-refractivity contribution in [2.75, 3.05) is 0 Å². The predicted molar refractivity (Wildman–Crippen MR) is 187 cm³/mol. The van der Waals surface area contributed by atoms with Crippen LogP contribution in [0.3, 0.4) is 0 Å². The van der Waals surface area contributed by atoms with Crippen LogP contribution >= 0.6 is 0 Å². The lowest BCUT2D eigenvalue weighted by atomic mass is 9.76. The van der Waals surface area contributed by atoms with Gasteiger partial charge in [0.25, 0.3) is 0 Å². The molecule has 0 amide bonds. The fraction of sp³-hybridized carbons (Fsp3) is 0.279. The first kappa shape index (κ1) is 29.1. The summed E-state index contributed by atoms with van der Waals surface area (Å²) in [5, 5.41) is 12.0. The quantitative estimate of drug-likeness (QED) is 0.206. The van der Waals surface area contributed by atoms with Crippen molar-refractivity contribution >= 4 is 16.8 Å². The van der Waals surface area contributed by atoms with Crippen LogP contribution in [0.2, 0.25) is 0 Å². The third kappa shape index (κ3) is 4.36. The van der Waals surface area contributed by atoms with Crippen molar-refractivity contribution in [3.63, 3.8) is 0 Å². The van der Waals surface area contributed by atoms with Gasteiger partial charge >= 0.3 is 0 Å². The third-order valence-corrected chi connectivity index (χ3v) is 10.0. The van der Waals surface area contributed by atoms with Crippen LogP contribution in [-0.4, -0.2) is 0 Å². The largest absolute Gasteiger partial charge is 0.472 e. The molecule has 0 atom stereocenters. The van der Waals surface area contributed by atoms with Gasteiger partial charge in [-0.3, -0.25) is 0 Å². The lowest BCUT2D eigenvalue weighted by Crippen LogP contribution is -2.35. The maximum Gasteiger partial charge on any atom is 0.178 e. The maximum atomic E-state index is 9.74. The van der Waals surface area contributed by atoms with Crippen LogP contribution < -0.4 is 4.74 Å². The summed E-state index contributed by atoms with van der Waals surface area (Å²) in [5.41, 5.74) is 10.5. The van der Waals surface area contributed by atoms with Gasteiger partial charge in [-0.15, -0.1) is 0 Å². The van der Waals surface area contributed by atoms with Crippen LogP contribution in [0, 0.1) is 11.3 Å². The van der Waals surface area contributed by atoms with E-state index in [0.717, 1.165) is 27.8 Å². The Hall–Kier alpha value is -4.61. The molecule has 0 saturated heterocycles. The Kier molecular flexibility index (Phi) is 6.27. The van der Waals surface area contributed by atoms with Crippen molar-refractivity contribution in [3.8, 4) is 22.9 Å². The fourth-order valence-electron chi connectivity index (χ4n) is 7.42. The van der Waals surface area contributed by atoms with Crippen molar-refractivity contribution in [1.29, 1.82) is 5.26 Å². The Bertz CT molecular complexity index is 2000. The van der Waals surface area contributed by atoms with E-state index in [1.165, 1.54) is 38.8 Å². The SMILES string of the molecule is CC(C)(C)c1ccc(C2(c3ccc(C(C)(C)C)cc3)C=Cc3c4c(c5ccccc5c3O2)-c2ccc(C#N)cc2C4(C)C)cc1. The van der Waals surface area contributed by atoms with E-state index in [2.05, 4.69) is 159 Å². The van der Waals surface area contributed by atoms with Gasteiger partial charge in [-0.05, 0) is 67.8 Å². The smallest absolute Gasteiger partial charge is 0.178 e. The minimum absolute atomic E-state index is 0.0542. The highest BCUT2D eigenvalue weighted by Gasteiger charge is 2.44. The maximum absolute atomic E-state index is 9.74. The van der Waals surface area contributed by atoms with Crippen LogP contribution in [0.5, 0.6) is 5.75 Å². The normalized spacial score (nSPS) is 16.0. The fourth-order valence-corrected chi connectivity index (χ4v) is 7.42. The predicted octanol–water partition coefficient (Wildman–Crippen LogP) is 11.0. The molecule has 5 aromatic carbocycles. The van der Waals surface area contributed by atoms with E-state index in [1.54, 1.807) is 0 Å². The second-order valence-electron chi connectivity index (χ2n) is 15.4. The Labute approximate surface area is 268 Å². The first-order chi connectivity index (χ1) is 21.3. The molecule has 2 heteroatoms. The van der Waals surface area contributed by atoms with E-state index in [9.17, 15) is 5.26 Å². The van der Waals surface area contributed by atoms with Gasteiger partial charge in [0.15, 0.2) is 5.60 Å². The van der Waals surface area contributed by atoms with Crippen molar-refractivity contribution in [3.05, 3.63) is 142 Å². The molecule has 0 saturated carbocycles. The molecule has 45 heavy (non-hydrogen) atoms. The lowest BCUT2D eigenvalue weighted by Gasteiger charge is -2.39. The number of ether oxygens (including phenoxy) is 1. The van der Waals surface area contributed by atoms with Gasteiger partial charge in [-0.2, -0.15) is 5.26 Å². The number of fused-ring (bicyclic) bond motifs is 8. The van der Waals surface area contributed by atoms with Gasteiger partial charge in [0.2, 0.25) is 0 Å². The minimum atomic E-state index is -0.805. The van der Waals surface area contributed by atoms with Crippen molar-refractivity contribution in [1.82, 2.24) is 0 Å². The topological polar surface area (TPSA) is 33.0 Å². The number of benzene rings is 5. The second kappa shape index (κ2) is 9.69. The summed E-state index contributed by atoms with van der Waals surface area (Å²) in [6.45, 7) is 18.1. The molecule has 0 unspecified atom stereocenters. The highest BCUT2D eigenvalue weighted by Crippen LogP contribution is 2.58. The molecule has 0 radical (unpaired) electrons. The van der Waals surface area contributed by atoms with Gasteiger partial charge in [0, 0.05) is 27.5 Å². The Morgan fingerprint density at radius 2 is 1.24 bits per heavy atom. The molecule has 1 heterocycles. The molecule has 224 valence electrons. The summed E-state index contributed by atoms with van der Waals surface area (Å²) in [6.07, 6.45) is 4.57. The summed E-state index contributed by atoms with van der Waals surface area (Å²) in [4.78, 5) is 0. The number of nitrogens with zero attached hydrogens (tertiary/aromatic N) is 1. The summed E-state index contributed by atoms with van der Waals surface area (Å²) < 4.78 is 7.48. The van der Waals surface area contributed by atoms with Gasteiger partial charge in [-0.1, -0.05) is 140 Å². The molecular formula is C43H41NO. The lowest BCUT2D eigenvalue weighted by molar-refractivity contribution is 0.163. The highest BCUT2D eigenvalue weighted by atomic mass is 16.5. The standard InChI is InChI=1S/C43H41NO/c1-40(2,3)28-14-18-30(19-15-28)43(31-20-16-29(17-21-31)41(4,5)6)24-23-35-38-37(32-11-9-10-12-33(32)39(35)45-43)34-22-13-27(26-44)25-36(34)42(38,7)8/h9-25H,1-8H3. The van der Waals surface area contributed by atoms with Crippen LogP contribution in [0.1, 0.15) is 99.9 Å². The Morgan fingerprint density at radius 3 is 1.78 bits per heavy atom. The van der Waals surface area contributed by atoms with Crippen LogP contribution in [0.15, 0.2) is 97.1 Å². The van der Waals surface area contributed by atoms with Crippen molar-refractivity contribution in [2.45, 2.75) is 77.2 Å². The van der Waals surface area contributed by atoms with Gasteiger partial charge < -0.3 is 4.74 Å². The molecule has 0 aromatic heterocycles. The second-order valence-corrected chi connectivity index (χ2v) is 15.4. The molecule has 0 N–H and O–H groups in total. The zero-order valence-corrected chi connectivity index (χ0v) is 27.7. The minimum Gasteiger partial charge on any atom is -0.472 e. The third-order valence-electron chi connectivity index (χ3n) is 10.0. The van der Waals surface area contributed by atoms with E-state index >= 15 is 0 Å². The van der Waals surface area contributed by atoms with E-state index < -0.39 is 5.60 Å². The number of rotatable bonds is 2. The molecule has 0 spiro atoms. The Balaban J connectivity index is 1.50. The molecular weight excluding hydrogens is 546 g/mol. The summed E-state index contributed by atoms with van der Waals surface area (Å²) in [6, 6.07) is 35.1. The van der Waals surface area contributed by atoms with Gasteiger partial charge in [0.1, 0.15) is 5.75 Å². The molecule has 0 fully saturated rings. The monoisotopic (exact) mass is 587 g/mol. The molecule has 2 aliphatic rings. The first-order valence-corrected chi connectivity index (χ1v) is 16.0. The molecule has 0 bridgehead atoms. The number of nitriles is 1. The molecule has 5 aromatic rings. The number of hydrogen-bond acceptors (Lipinski definition) is 2. The van der Waals surface area contributed by atoms with E-state index in [-0.39, 0.29) is 16.2 Å². The van der Waals surface area contributed by atoms with Crippen LogP contribution in [-0.2, 0) is 21.8 Å². The average Bonchev–Trinajstić information content (AvgIpc) is 3.26. The number of hydrogen-bond donors (Lipinski definition) is 0. The van der Waals surface area contributed by atoms with E-state index in [4.69, 9.17) is 4.74 Å². The van der Waals surface area contributed by atoms with E-state index in [1.807, 2.05) is 6.07 Å². The summed E-state index contributed by atoms with van der Waals surface area (Å²) in [7, 11) is 0. The van der Waals surface area contributed by atoms with Gasteiger partial charge in [0.05, 0.1) is 11.6 Å². The van der Waals surface area contributed by atoms with Crippen LogP contribution in [0.4, 0.5) is 0 Å². The average molecular weight is 588 g/mol. The Morgan fingerprint density at radius 1 is 0.689 bits per heavy atom. The zero-order chi connectivity index (χ0) is 31.9.